The lowest BCUT2D eigenvalue weighted by Gasteiger charge is -2.06. The number of ether oxygens (including phenoxy) is 1. The Morgan fingerprint density at radius 1 is 1.78 bits per heavy atom. The third-order valence-corrected chi connectivity index (χ3v) is 0.917. The lowest BCUT2D eigenvalue weighted by Crippen LogP contribution is -2.09. The Labute approximate surface area is 56.2 Å². The van der Waals surface area contributed by atoms with Crippen LogP contribution in [-0.2, 0) is 9.53 Å². The lowest BCUT2D eigenvalue weighted by molar-refractivity contribution is -0.109. The van der Waals surface area contributed by atoms with Gasteiger partial charge in [0.25, 0.3) is 0 Å². The molecule has 0 N–H and O–H groups in total. The maximum absolute atomic E-state index is 9.86. The predicted molar refractivity (Wildman–Crippen MR) is 36.1 cm³/mol. The van der Waals surface area contributed by atoms with E-state index < -0.39 is 0 Å². The molecule has 0 bridgehead atoms. The smallest absolute Gasteiger partial charge is 0.122 e. The molecular weight excluding hydrogens is 116 g/mol. The molecular formula is C7H13O2. The van der Waals surface area contributed by atoms with Crippen LogP contribution >= 0.6 is 0 Å². The van der Waals surface area contributed by atoms with Gasteiger partial charge in [0.05, 0.1) is 6.10 Å². The van der Waals surface area contributed by atoms with E-state index in [1.807, 2.05) is 6.92 Å². The van der Waals surface area contributed by atoms with Gasteiger partial charge in [-0.25, -0.2) is 0 Å². The average molecular weight is 129 g/mol. The number of aldehydes is 1. The summed E-state index contributed by atoms with van der Waals surface area (Å²) in [6, 6.07) is 0. The third-order valence-electron chi connectivity index (χ3n) is 0.917. The Morgan fingerprint density at radius 3 is 2.89 bits per heavy atom. The standard InChI is InChI=1S/C7H13O2/c1-3-6-9-7(2)4-5-8/h5,7H,2-4,6H2,1H3. The van der Waals surface area contributed by atoms with Gasteiger partial charge in [0.2, 0.25) is 0 Å². The zero-order valence-corrected chi connectivity index (χ0v) is 5.80. The molecule has 0 spiro atoms. The van der Waals surface area contributed by atoms with Gasteiger partial charge in [0, 0.05) is 13.0 Å². The van der Waals surface area contributed by atoms with E-state index in [1.54, 1.807) is 0 Å². The fourth-order valence-corrected chi connectivity index (χ4v) is 0.460. The first-order valence-corrected chi connectivity index (χ1v) is 3.19. The second-order valence-corrected chi connectivity index (χ2v) is 1.90. The van der Waals surface area contributed by atoms with E-state index in [0.29, 0.717) is 13.0 Å². The van der Waals surface area contributed by atoms with Crippen LogP contribution in [0.3, 0.4) is 0 Å². The molecule has 0 saturated carbocycles. The minimum Gasteiger partial charge on any atom is -0.378 e. The van der Waals surface area contributed by atoms with Crippen molar-refractivity contribution in [2.45, 2.75) is 25.9 Å². The molecule has 0 heterocycles. The normalized spacial score (nSPS) is 13.1. The number of hydrogen-bond acceptors (Lipinski definition) is 2. The van der Waals surface area contributed by atoms with Crippen LogP contribution in [0.4, 0.5) is 0 Å². The molecule has 0 saturated heterocycles. The summed E-state index contributed by atoms with van der Waals surface area (Å²) in [6.07, 6.45) is 2.06. The predicted octanol–water partition coefficient (Wildman–Crippen LogP) is 1.20. The molecule has 0 aliphatic carbocycles. The second-order valence-electron chi connectivity index (χ2n) is 1.90. The first-order valence-electron chi connectivity index (χ1n) is 3.19. The molecule has 0 aliphatic heterocycles. The third kappa shape index (κ3) is 5.50. The molecule has 0 amide bonds. The van der Waals surface area contributed by atoms with Gasteiger partial charge in [-0.2, -0.15) is 0 Å². The molecule has 9 heavy (non-hydrogen) atoms. The Balaban J connectivity index is 3.04. The van der Waals surface area contributed by atoms with Crippen LogP contribution in [0.2, 0.25) is 0 Å². The van der Waals surface area contributed by atoms with E-state index in [9.17, 15) is 4.79 Å². The molecule has 2 nitrogen and oxygen atoms in total. The van der Waals surface area contributed by atoms with Gasteiger partial charge in [-0.15, -0.1) is 0 Å². The molecule has 0 aromatic heterocycles. The topological polar surface area (TPSA) is 26.3 Å². The summed E-state index contributed by atoms with van der Waals surface area (Å²) >= 11 is 0. The van der Waals surface area contributed by atoms with Gasteiger partial charge in [-0.1, -0.05) is 6.92 Å². The van der Waals surface area contributed by atoms with E-state index in [0.717, 1.165) is 12.7 Å². The Bertz CT molecular complexity index is 71.3. The van der Waals surface area contributed by atoms with Crippen molar-refractivity contribution in [2.24, 2.45) is 0 Å². The van der Waals surface area contributed by atoms with Crippen LogP contribution < -0.4 is 0 Å². The van der Waals surface area contributed by atoms with E-state index in [2.05, 4.69) is 6.92 Å². The second kappa shape index (κ2) is 5.76. The van der Waals surface area contributed by atoms with Crippen molar-refractivity contribution in [3.63, 3.8) is 0 Å². The largest absolute Gasteiger partial charge is 0.378 e. The van der Waals surface area contributed by atoms with Crippen LogP contribution in [0.5, 0.6) is 0 Å². The fourth-order valence-electron chi connectivity index (χ4n) is 0.460. The van der Waals surface area contributed by atoms with Crippen LogP contribution in [0.1, 0.15) is 19.8 Å². The Kier molecular flexibility index (Phi) is 5.52. The molecule has 1 radical (unpaired) electrons. The van der Waals surface area contributed by atoms with Crippen molar-refractivity contribution in [1.29, 1.82) is 0 Å². The van der Waals surface area contributed by atoms with Crippen molar-refractivity contribution >= 4 is 6.29 Å². The molecule has 1 unspecified atom stereocenters. The lowest BCUT2D eigenvalue weighted by atomic mass is 10.3. The van der Waals surface area contributed by atoms with Gasteiger partial charge in [0.1, 0.15) is 6.29 Å². The van der Waals surface area contributed by atoms with Crippen LogP contribution in [0, 0.1) is 6.92 Å². The van der Waals surface area contributed by atoms with E-state index in [4.69, 9.17) is 4.74 Å². The molecule has 0 aromatic rings. The first kappa shape index (κ1) is 8.63. The first-order chi connectivity index (χ1) is 4.31. The maximum atomic E-state index is 9.86. The highest BCUT2D eigenvalue weighted by Gasteiger charge is 1.97. The summed E-state index contributed by atoms with van der Waals surface area (Å²) in [6.45, 7) is 6.33. The number of carbonyl (C=O) groups is 1. The van der Waals surface area contributed by atoms with Crippen LogP contribution in [0.25, 0.3) is 0 Å². The molecule has 0 rings (SSSR count). The van der Waals surface area contributed by atoms with Crippen molar-refractivity contribution in [3.05, 3.63) is 6.92 Å². The fraction of sp³-hybridized carbons (Fsp3) is 0.714. The molecule has 0 fully saturated rings. The maximum Gasteiger partial charge on any atom is 0.122 e. The number of hydrogen-bond donors (Lipinski definition) is 0. The zero-order chi connectivity index (χ0) is 7.11. The van der Waals surface area contributed by atoms with Gasteiger partial charge in [-0.3, -0.25) is 0 Å². The summed E-state index contributed by atoms with van der Waals surface area (Å²) in [4.78, 5) is 9.86. The summed E-state index contributed by atoms with van der Waals surface area (Å²) in [5.41, 5.74) is 0. The Morgan fingerprint density at radius 2 is 2.44 bits per heavy atom. The number of carbonyl (C=O) groups excluding carboxylic acids is 1. The van der Waals surface area contributed by atoms with E-state index >= 15 is 0 Å². The summed E-state index contributed by atoms with van der Waals surface area (Å²) in [5, 5.41) is 0. The van der Waals surface area contributed by atoms with E-state index in [1.165, 1.54) is 0 Å². The van der Waals surface area contributed by atoms with Crippen molar-refractivity contribution in [2.75, 3.05) is 6.61 Å². The molecule has 0 aromatic carbocycles. The van der Waals surface area contributed by atoms with Crippen molar-refractivity contribution < 1.29 is 9.53 Å². The summed E-state index contributed by atoms with van der Waals surface area (Å²) in [5.74, 6) is 0. The molecule has 0 aliphatic rings. The Hall–Kier alpha value is -0.370. The summed E-state index contributed by atoms with van der Waals surface area (Å²) in [7, 11) is 0. The average Bonchev–Trinajstić information content (AvgIpc) is 1.85. The molecule has 1 atom stereocenters. The van der Waals surface area contributed by atoms with Crippen molar-refractivity contribution in [3.8, 4) is 0 Å². The van der Waals surface area contributed by atoms with Crippen LogP contribution in [0.15, 0.2) is 0 Å². The van der Waals surface area contributed by atoms with Crippen molar-refractivity contribution in [1.82, 2.24) is 0 Å². The van der Waals surface area contributed by atoms with Gasteiger partial charge < -0.3 is 9.53 Å². The van der Waals surface area contributed by atoms with Crippen LogP contribution in [-0.4, -0.2) is 19.0 Å². The van der Waals surface area contributed by atoms with Gasteiger partial charge in [0.15, 0.2) is 0 Å². The highest BCUT2D eigenvalue weighted by molar-refractivity contribution is 5.50. The summed E-state index contributed by atoms with van der Waals surface area (Å²) < 4.78 is 5.09. The van der Waals surface area contributed by atoms with Gasteiger partial charge in [-0.05, 0) is 13.3 Å². The highest BCUT2D eigenvalue weighted by Crippen LogP contribution is 1.93. The SMILES string of the molecule is [CH2]C(CC=O)OCCC. The van der Waals surface area contributed by atoms with Gasteiger partial charge >= 0.3 is 0 Å². The molecule has 53 valence electrons. The highest BCUT2D eigenvalue weighted by atomic mass is 16.5. The quantitative estimate of drug-likeness (QED) is 0.521. The van der Waals surface area contributed by atoms with E-state index in [-0.39, 0.29) is 6.10 Å². The zero-order valence-electron chi connectivity index (χ0n) is 5.80. The minimum absolute atomic E-state index is 0.151. The monoisotopic (exact) mass is 129 g/mol. The molecule has 2 heteroatoms. The number of rotatable bonds is 5. The minimum atomic E-state index is -0.151.